The maximum Gasteiger partial charge on any atom is 0.0701 e. The van der Waals surface area contributed by atoms with Gasteiger partial charge in [0.15, 0.2) is 0 Å². The van der Waals surface area contributed by atoms with Crippen LogP contribution in [0.15, 0.2) is 206 Å². The van der Waals surface area contributed by atoms with Gasteiger partial charge in [-0.15, -0.1) is 0 Å². The minimum atomic E-state index is 0.141. The number of nitrogens with one attached hydrogen (secondary N) is 1. The summed E-state index contributed by atoms with van der Waals surface area (Å²) in [4.78, 5) is 0. The molecular weight excluding hydrogens is 727 g/mol. The molecule has 0 saturated heterocycles. The highest BCUT2D eigenvalue weighted by atomic mass is 15.0. The molecule has 284 valence electrons. The summed E-state index contributed by atoms with van der Waals surface area (Å²) in [6.45, 7) is 0. The molecule has 1 atom stereocenters. The van der Waals surface area contributed by atoms with Crippen molar-refractivity contribution in [2.45, 2.75) is 18.9 Å². The van der Waals surface area contributed by atoms with Crippen molar-refractivity contribution in [2.24, 2.45) is 0 Å². The van der Waals surface area contributed by atoms with Crippen LogP contribution in [0.1, 0.15) is 34.8 Å². The average Bonchev–Trinajstić information content (AvgIpc) is 3.84. The van der Waals surface area contributed by atoms with Crippen LogP contribution in [0.5, 0.6) is 0 Å². The summed E-state index contributed by atoms with van der Waals surface area (Å²) < 4.78 is 4.91. The van der Waals surface area contributed by atoms with Crippen LogP contribution in [-0.4, -0.2) is 9.13 Å². The van der Waals surface area contributed by atoms with E-state index >= 15 is 0 Å². The fourth-order valence-electron chi connectivity index (χ4n) is 9.67. The SMILES string of the molecule is C1=CC(c2ccccc2)NC(c2cccc(-n3c4c(c5cc(-c6ccc7c(c6)c6ccccc6n7-c6ccc(-c7ccc8ccccc8c7)cc6)ccc53)C=CCC4)c2)=C1. The third-order valence-electron chi connectivity index (χ3n) is 12.6. The van der Waals surface area contributed by atoms with E-state index in [9.17, 15) is 0 Å². The molecule has 1 N–H and O–H groups in total. The van der Waals surface area contributed by atoms with Gasteiger partial charge in [0.25, 0.3) is 0 Å². The number of benzene rings is 8. The van der Waals surface area contributed by atoms with Crippen LogP contribution in [0.2, 0.25) is 0 Å². The van der Waals surface area contributed by atoms with Crippen LogP contribution in [0, 0.1) is 0 Å². The smallest absolute Gasteiger partial charge is 0.0701 e. The van der Waals surface area contributed by atoms with Gasteiger partial charge in [-0.2, -0.15) is 0 Å². The quantitative estimate of drug-likeness (QED) is 0.179. The van der Waals surface area contributed by atoms with Gasteiger partial charge in [-0.3, -0.25) is 0 Å². The molecule has 3 heterocycles. The monoisotopic (exact) mass is 767 g/mol. The van der Waals surface area contributed by atoms with E-state index < -0.39 is 0 Å². The molecule has 0 saturated carbocycles. The predicted molar refractivity (Wildman–Crippen MR) is 253 cm³/mol. The second-order valence-electron chi connectivity index (χ2n) is 16.1. The van der Waals surface area contributed by atoms with Gasteiger partial charge in [0.1, 0.15) is 0 Å². The molecule has 0 bridgehead atoms. The predicted octanol–water partition coefficient (Wildman–Crippen LogP) is 14.4. The molecule has 2 aliphatic rings. The Balaban J connectivity index is 0.912. The lowest BCUT2D eigenvalue weighted by molar-refractivity contribution is 0.764. The lowest BCUT2D eigenvalue weighted by atomic mass is 9.98. The zero-order valence-electron chi connectivity index (χ0n) is 33.1. The largest absolute Gasteiger partial charge is 0.374 e. The number of fused-ring (bicyclic) bond motifs is 7. The normalized spacial score (nSPS) is 14.8. The van der Waals surface area contributed by atoms with Crippen molar-refractivity contribution in [3.63, 3.8) is 0 Å². The third kappa shape index (κ3) is 5.73. The standard InChI is InChI=1S/C57H41N3/c1-2-13-40(14-3-1)52-20-11-21-53(58-52)45-16-10-17-47(35-45)60-55-23-9-7-19-49(55)51-37-44(29-33-57(51)60)43-28-32-56-50(36-43)48-18-6-8-22-54(48)59(56)46-30-26-39(27-31-46)42-25-24-38-12-4-5-15-41(38)34-42/h1-8,10-22,24-37,52,58H,9,23H2. The summed E-state index contributed by atoms with van der Waals surface area (Å²) in [6, 6.07) is 67.0. The topological polar surface area (TPSA) is 21.9 Å². The van der Waals surface area contributed by atoms with Crippen LogP contribution in [0.4, 0.5) is 0 Å². The lowest BCUT2D eigenvalue weighted by Gasteiger charge is -2.23. The number of allylic oxidation sites excluding steroid dienone is 3. The van der Waals surface area contributed by atoms with Crippen molar-refractivity contribution >= 4 is 55.3 Å². The molecule has 1 unspecified atom stereocenters. The van der Waals surface area contributed by atoms with Crippen LogP contribution >= 0.6 is 0 Å². The van der Waals surface area contributed by atoms with Gasteiger partial charge in [-0.1, -0.05) is 146 Å². The van der Waals surface area contributed by atoms with Gasteiger partial charge in [0.05, 0.1) is 22.6 Å². The van der Waals surface area contributed by atoms with E-state index in [2.05, 4.69) is 227 Å². The molecular formula is C57H41N3. The van der Waals surface area contributed by atoms with Crippen LogP contribution in [-0.2, 0) is 6.42 Å². The first kappa shape index (κ1) is 34.4. The van der Waals surface area contributed by atoms with Gasteiger partial charge in [-0.05, 0) is 124 Å². The third-order valence-corrected chi connectivity index (χ3v) is 12.6. The molecule has 1 aliphatic heterocycles. The van der Waals surface area contributed by atoms with Crippen molar-refractivity contribution in [2.75, 3.05) is 0 Å². The Hall–Kier alpha value is -7.62. The average molecular weight is 768 g/mol. The number of hydrogen-bond acceptors (Lipinski definition) is 1. The van der Waals surface area contributed by atoms with Crippen LogP contribution in [0.3, 0.4) is 0 Å². The Morgan fingerprint density at radius 2 is 1.17 bits per heavy atom. The Morgan fingerprint density at radius 3 is 2.03 bits per heavy atom. The van der Waals surface area contributed by atoms with E-state index in [1.807, 2.05) is 0 Å². The Morgan fingerprint density at radius 1 is 0.467 bits per heavy atom. The molecule has 0 spiro atoms. The van der Waals surface area contributed by atoms with Gasteiger partial charge >= 0.3 is 0 Å². The minimum Gasteiger partial charge on any atom is -0.374 e. The van der Waals surface area contributed by atoms with E-state index in [1.165, 1.54) is 93.8 Å². The zero-order valence-corrected chi connectivity index (χ0v) is 33.1. The van der Waals surface area contributed by atoms with Crippen molar-refractivity contribution in [3.8, 4) is 33.6 Å². The first-order valence-corrected chi connectivity index (χ1v) is 21.0. The van der Waals surface area contributed by atoms with Crippen molar-refractivity contribution < 1.29 is 0 Å². The maximum absolute atomic E-state index is 3.78. The first-order chi connectivity index (χ1) is 29.7. The summed E-state index contributed by atoms with van der Waals surface area (Å²) >= 11 is 0. The lowest BCUT2D eigenvalue weighted by Crippen LogP contribution is -2.20. The van der Waals surface area contributed by atoms with E-state index in [0.29, 0.717) is 0 Å². The highest BCUT2D eigenvalue weighted by Crippen LogP contribution is 2.40. The van der Waals surface area contributed by atoms with E-state index in [1.54, 1.807) is 0 Å². The maximum atomic E-state index is 3.78. The number of para-hydroxylation sites is 1. The number of nitrogens with zero attached hydrogens (tertiary/aromatic N) is 2. The van der Waals surface area contributed by atoms with Gasteiger partial charge in [-0.25, -0.2) is 0 Å². The van der Waals surface area contributed by atoms with Crippen molar-refractivity contribution in [1.29, 1.82) is 0 Å². The number of rotatable bonds is 6. The van der Waals surface area contributed by atoms with Gasteiger partial charge in [0, 0.05) is 44.5 Å². The fourth-order valence-corrected chi connectivity index (χ4v) is 9.67. The molecule has 10 aromatic rings. The molecule has 12 rings (SSSR count). The highest BCUT2D eigenvalue weighted by Gasteiger charge is 2.21. The second-order valence-corrected chi connectivity index (χ2v) is 16.1. The molecule has 8 aromatic carbocycles. The Labute approximate surface area is 349 Å². The molecule has 0 radical (unpaired) electrons. The fraction of sp³-hybridized carbons (Fsp3) is 0.0526. The molecule has 0 fully saturated rings. The summed E-state index contributed by atoms with van der Waals surface area (Å²) in [5, 5.41) is 10.1. The molecule has 60 heavy (non-hydrogen) atoms. The summed E-state index contributed by atoms with van der Waals surface area (Å²) in [5.74, 6) is 0. The van der Waals surface area contributed by atoms with Gasteiger partial charge in [0.2, 0.25) is 0 Å². The molecule has 3 nitrogen and oxygen atoms in total. The Kier molecular flexibility index (Phi) is 8.05. The summed E-state index contributed by atoms with van der Waals surface area (Å²) in [7, 11) is 0. The van der Waals surface area contributed by atoms with Gasteiger partial charge < -0.3 is 14.5 Å². The molecule has 1 aliphatic carbocycles. The van der Waals surface area contributed by atoms with Crippen LogP contribution in [0.25, 0.3) is 88.9 Å². The second kappa shape index (κ2) is 14.0. The summed E-state index contributed by atoms with van der Waals surface area (Å²) in [6.07, 6.45) is 13.3. The first-order valence-electron chi connectivity index (χ1n) is 21.0. The highest BCUT2D eigenvalue weighted by molar-refractivity contribution is 6.11. The number of hydrogen-bond donors (Lipinski definition) is 1. The van der Waals surface area contributed by atoms with Crippen molar-refractivity contribution in [1.82, 2.24) is 14.5 Å². The minimum absolute atomic E-state index is 0.141. The molecule has 3 heteroatoms. The Bertz CT molecular complexity index is 3390. The number of dihydropyridines is 1. The molecule has 0 amide bonds. The molecule has 2 aromatic heterocycles. The van der Waals surface area contributed by atoms with E-state index in [0.717, 1.165) is 24.2 Å². The number of aromatic nitrogens is 2. The van der Waals surface area contributed by atoms with Crippen molar-refractivity contribution in [3.05, 3.63) is 229 Å². The zero-order chi connectivity index (χ0) is 39.6. The van der Waals surface area contributed by atoms with Crippen LogP contribution < -0.4 is 5.32 Å². The van der Waals surface area contributed by atoms with E-state index in [4.69, 9.17) is 0 Å². The van der Waals surface area contributed by atoms with E-state index in [-0.39, 0.29) is 6.04 Å². The summed E-state index contributed by atoms with van der Waals surface area (Å²) in [5.41, 5.74) is 17.2.